The van der Waals surface area contributed by atoms with E-state index in [-0.39, 0.29) is 0 Å². The average Bonchev–Trinajstić information content (AvgIpc) is 2.99. The highest BCUT2D eigenvalue weighted by Gasteiger charge is 2.14. The van der Waals surface area contributed by atoms with Crippen molar-refractivity contribution < 1.29 is 0 Å². The quantitative estimate of drug-likeness (QED) is 0.867. The third-order valence-electron chi connectivity index (χ3n) is 3.38. The molecule has 1 aromatic carbocycles. The molecule has 0 spiro atoms. The summed E-state index contributed by atoms with van der Waals surface area (Å²) in [4.78, 5) is 3.32. The number of para-hydroxylation sites is 1. The second kappa shape index (κ2) is 5.15. The van der Waals surface area contributed by atoms with Crippen LogP contribution >= 0.6 is 11.8 Å². The smallest absolute Gasteiger partial charge is 0.0499 e. The molecule has 90 valence electrons. The number of aromatic amines is 1. The van der Waals surface area contributed by atoms with Gasteiger partial charge >= 0.3 is 0 Å². The summed E-state index contributed by atoms with van der Waals surface area (Å²) in [6, 6.07) is 8.62. The molecule has 0 saturated carbocycles. The van der Waals surface area contributed by atoms with E-state index < -0.39 is 0 Å². The van der Waals surface area contributed by atoms with Crippen molar-refractivity contribution in [3.63, 3.8) is 0 Å². The fraction of sp³-hybridized carbons (Fsp3) is 0.429. The predicted molar refractivity (Wildman–Crippen MR) is 75.5 cm³/mol. The lowest BCUT2D eigenvalue weighted by Crippen LogP contribution is -2.22. The molecule has 1 aromatic heterocycles. The van der Waals surface area contributed by atoms with Gasteiger partial charge in [0.05, 0.1) is 0 Å². The van der Waals surface area contributed by atoms with Crippen LogP contribution in [-0.4, -0.2) is 22.5 Å². The normalized spacial score (nSPS) is 20.1. The summed E-state index contributed by atoms with van der Waals surface area (Å²) >= 11 is 2.11. The molecule has 2 nitrogen and oxygen atoms in total. The van der Waals surface area contributed by atoms with Gasteiger partial charge in [0.2, 0.25) is 0 Å². The maximum absolute atomic E-state index is 3.58. The van der Waals surface area contributed by atoms with Crippen molar-refractivity contribution in [1.29, 1.82) is 0 Å². The number of aromatic nitrogens is 1. The minimum atomic E-state index is 0.831. The summed E-state index contributed by atoms with van der Waals surface area (Å²) in [7, 11) is 0. The molecule has 2 N–H and O–H groups in total. The van der Waals surface area contributed by atoms with Crippen molar-refractivity contribution in [3.8, 4) is 0 Å². The van der Waals surface area contributed by atoms with Crippen LogP contribution in [0.3, 0.4) is 0 Å². The van der Waals surface area contributed by atoms with Crippen LogP contribution in [0.1, 0.15) is 18.4 Å². The Hall–Kier alpha value is -0.930. The third kappa shape index (κ3) is 2.50. The lowest BCUT2D eigenvalue weighted by atomic mass is 10.1. The van der Waals surface area contributed by atoms with E-state index in [0.717, 1.165) is 18.3 Å². The van der Waals surface area contributed by atoms with E-state index in [1.807, 2.05) is 6.20 Å². The first-order chi connectivity index (χ1) is 8.43. The number of rotatable bonds is 4. The second-order valence-electron chi connectivity index (χ2n) is 4.62. The molecule has 1 aliphatic rings. The predicted octanol–water partition coefficient (Wildman–Crippen LogP) is 3.15. The highest BCUT2D eigenvalue weighted by Crippen LogP contribution is 2.25. The number of hydrogen-bond donors (Lipinski definition) is 2. The van der Waals surface area contributed by atoms with Crippen LogP contribution in [0.25, 0.3) is 10.9 Å². The number of hydrogen-bond acceptors (Lipinski definition) is 2. The summed E-state index contributed by atoms with van der Waals surface area (Å²) in [5, 5.41) is 5.72. The molecule has 0 aliphatic carbocycles. The first-order valence-electron chi connectivity index (χ1n) is 6.31. The first kappa shape index (κ1) is 11.2. The highest BCUT2D eigenvalue weighted by molar-refractivity contribution is 8.00. The summed E-state index contributed by atoms with van der Waals surface area (Å²) < 4.78 is 0. The Balaban J connectivity index is 1.62. The fourth-order valence-electron chi connectivity index (χ4n) is 2.47. The monoisotopic (exact) mass is 246 g/mol. The van der Waals surface area contributed by atoms with Gasteiger partial charge in [0.25, 0.3) is 0 Å². The lowest BCUT2D eigenvalue weighted by Gasteiger charge is -2.10. The number of thioether (sulfide) groups is 1. The molecule has 17 heavy (non-hydrogen) atoms. The molecular formula is C14H18N2S. The largest absolute Gasteiger partial charge is 0.361 e. The van der Waals surface area contributed by atoms with E-state index in [1.165, 1.54) is 35.1 Å². The third-order valence-corrected chi connectivity index (χ3v) is 4.78. The maximum Gasteiger partial charge on any atom is 0.0499 e. The molecule has 1 aliphatic heterocycles. The molecule has 2 aromatic rings. The van der Waals surface area contributed by atoms with Crippen LogP contribution in [0.2, 0.25) is 0 Å². The van der Waals surface area contributed by atoms with E-state index in [4.69, 9.17) is 0 Å². The van der Waals surface area contributed by atoms with Gasteiger partial charge in [-0.3, -0.25) is 0 Å². The van der Waals surface area contributed by atoms with Gasteiger partial charge < -0.3 is 10.3 Å². The Kier molecular flexibility index (Phi) is 3.39. The average molecular weight is 246 g/mol. The van der Waals surface area contributed by atoms with E-state index >= 15 is 0 Å². The Morgan fingerprint density at radius 1 is 1.35 bits per heavy atom. The summed E-state index contributed by atoms with van der Waals surface area (Å²) in [5.41, 5.74) is 2.65. The Morgan fingerprint density at radius 2 is 2.35 bits per heavy atom. The fourth-order valence-corrected chi connectivity index (χ4v) is 3.71. The van der Waals surface area contributed by atoms with Gasteiger partial charge in [-0.25, -0.2) is 0 Å². The zero-order valence-corrected chi connectivity index (χ0v) is 10.7. The SMILES string of the molecule is c1cc(CNCC2CCCS2)c2[nH]ccc2c1. The Bertz CT molecular complexity index is 486. The van der Waals surface area contributed by atoms with E-state index in [2.05, 4.69) is 46.3 Å². The van der Waals surface area contributed by atoms with Gasteiger partial charge in [-0.1, -0.05) is 18.2 Å². The maximum atomic E-state index is 3.58. The highest BCUT2D eigenvalue weighted by atomic mass is 32.2. The molecule has 1 atom stereocenters. The van der Waals surface area contributed by atoms with Gasteiger partial charge in [0, 0.05) is 30.1 Å². The molecule has 3 heteroatoms. The minimum absolute atomic E-state index is 0.831. The summed E-state index contributed by atoms with van der Waals surface area (Å²) in [6.07, 6.45) is 4.79. The van der Waals surface area contributed by atoms with Crippen LogP contribution in [-0.2, 0) is 6.54 Å². The standard InChI is InChI=1S/C14H18N2S/c1-3-11-6-7-16-14(11)12(4-1)9-15-10-13-5-2-8-17-13/h1,3-4,6-7,13,15-16H,2,5,8-10H2. The number of nitrogens with one attached hydrogen (secondary N) is 2. The number of H-pyrrole nitrogens is 1. The molecule has 1 fully saturated rings. The zero-order chi connectivity index (χ0) is 11.5. The van der Waals surface area contributed by atoms with Gasteiger partial charge in [-0.05, 0) is 35.6 Å². The van der Waals surface area contributed by atoms with Crippen LogP contribution in [0.4, 0.5) is 0 Å². The molecule has 0 bridgehead atoms. The van der Waals surface area contributed by atoms with Gasteiger partial charge in [0.1, 0.15) is 0 Å². The van der Waals surface area contributed by atoms with Gasteiger partial charge in [0.15, 0.2) is 0 Å². The molecular weight excluding hydrogens is 228 g/mol. The Labute approximate surface area is 106 Å². The van der Waals surface area contributed by atoms with Crippen molar-refractivity contribution in [2.75, 3.05) is 12.3 Å². The molecule has 0 radical (unpaired) electrons. The van der Waals surface area contributed by atoms with Crippen molar-refractivity contribution in [3.05, 3.63) is 36.0 Å². The van der Waals surface area contributed by atoms with Crippen LogP contribution < -0.4 is 5.32 Å². The molecule has 1 saturated heterocycles. The van der Waals surface area contributed by atoms with Crippen molar-refractivity contribution in [2.24, 2.45) is 0 Å². The second-order valence-corrected chi connectivity index (χ2v) is 6.03. The molecule has 0 amide bonds. The van der Waals surface area contributed by atoms with Crippen molar-refractivity contribution in [2.45, 2.75) is 24.6 Å². The van der Waals surface area contributed by atoms with Crippen molar-refractivity contribution in [1.82, 2.24) is 10.3 Å². The summed E-state index contributed by atoms with van der Waals surface area (Å²) in [5.74, 6) is 1.35. The molecule has 3 rings (SSSR count). The van der Waals surface area contributed by atoms with E-state index in [0.29, 0.717) is 0 Å². The Morgan fingerprint density at radius 3 is 3.24 bits per heavy atom. The van der Waals surface area contributed by atoms with Crippen LogP contribution in [0.5, 0.6) is 0 Å². The van der Waals surface area contributed by atoms with Crippen LogP contribution in [0, 0.1) is 0 Å². The van der Waals surface area contributed by atoms with Crippen molar-refractivity contribution >= 4 is 22.7 Å². The zero-order valence-electron chi connectivity index (χ0n) is 9.91. The topological polar surface area (TPSA) is 27.8 Å². The lowest BCUT2D eigenvalue weighted by molar-refractivity contribution is 0.647. The molecule has 2 heterocycles. The van der Waals surface area contributed by atoms with E-state index in [1.54, 1.807) is 0 Å². The summed E-state index contributed by atoms with van der Waals surface area (Å²) in [6.45, 7) is 2.11. The molecule has 1 unspecified atom stereocenters. The number of benzene rings is 1. The first-order valence-corrected chi connectivity index (χ1v) is 7.35. The number of fused-ring (bicyclic) bond motifs is 1. The van der Waals surface area contributed by atoms with E-state index in [9.17, 15) is 0 Å². The van der Waals surface area contributed by atoms with Crippen LogP contribution in [0.15, 0.2) is 30.5 Å². The van der Waals surface area contributed by atoms with Gasteiger partial charge in [-0.15, -0.1) is 0 Å². The minimum Gasteiger partial charge on any atom is -0.361 e. The van der Waals surface area contributed by atoms with Gasteiger partial charge in [-0.2, -0.15) is 11.8 Å².